The number of aryl methyl sites for hydroxylation is 1. The number of piperidine rings is 1. The molecule has 5 heteroatoms. The van der Waals surface area contributed by atoms with E-state index in [4.69, 9.17) is 0 Å². The van der Waals surface area contributed by atoms with E-state index in [1.165, 1.54) is 24.6 Å². The van der Waals surface area contributed by atoms with E-state index < -0.39 is 0 Å². The van der Waals surface area contributed by atoms with Crippen molar-refractivity contribution >= 4 is 17.3 Å². The molecule has 1 aromatic heterocycles. The van der Waals surface area contributed by atoms with E-state index in [9.17, 15) is 4.79 Å². The standard InChI is InChI=1S/C17H22N4O/c1-12-4-3-9-21(11-12)15-7-5-14(6-8-15)19-17-18-13(2)10-16(22)20-17/h5-8,10,12H,3-4,9,11H2,1-2H3,(H2,18,19,20,22). The van der Waals surface area contributed by atoms with E-state index in [0.717, 1.165) is 24.7 Å². The van der Waals surface area contributed by atoms with Crippen LogP contribution < -0.4 is 15.8 Å². The number of anilines is 3. The van der Waals surface area contributed by atoms with Crippen LogP contribution in [0.5, 0.6) is 0 Å². The van der Waals surface area contributed by atoms with Crippen molar-refractivity contribution < 1.29 is 0 Å². The molecular weight excluding hydrogens is 276 g/mol. The van der Waals surface area contributed by atoms with Crippen molar-refractivity contribution in [1.82, 2.24) is 9.97 Å². The van der Waals surface area contributed by atoms with Crippen LogP contribution in [0, 0.1) is 12.8 Å². The van der Waals surface area contributed by atoms with Gasteiger partial charge in [-0.15, -0.1) is 0 Å². The fourth-order valence-electron chi connectivity index (χ4n) is 2.95. The molecule has 1 atom stereocenters. The minimum Gasteiger partial charge on any atom is -0.371 e. The number of nitrogens with zero attached hydrogens (tertiary/aromatic N) is 2. The Morgan fingerprint density at radius 3 is 2.77 bits per heavy atom. The van der Waals surface area contributed by atoms with Gasteiger partial charge in [-0.2, -0.15) is 0 Å². The highest BCUT2D eigenvalue weighted by atomic mass is 16.1. The van der Waals surface area contributed by atoms with Crippen LogP contribution in [0.2, 0.25) is 0 Å². The molecule has 0 saturated carbocycles. The molecule has 2 heterocycles. The van der Waals surface area contributed by atoms with Crippen LogP contribution in [0.3, 0.4) is 0 Å². The molecule has 2 aromatic rings. The lowest BCUT2D eigenvalue weighted by Crippen LogP contribution is -2.34. The van der Waals surface area contributed by atoms with Crippen LogP contribution in [0.25, 0.3) is 0 Å². The van der Waals surface area contributed by atoms with Crippen LogP contribution in [0.1, 0.15) is 25.5 Å². The molecule has 22 heavy (non-hydrogen) atoms. The predicted octanol–water partition coefficient (Wildman–Crippen LogP) is 3.06. The molecule has 1 fully saturated rings. The molecule has 0 amide bonds. The van der Waals surface area contributed by atoms with E-state index in [1.54, 1.807) is 6.92 Å². The molecular formula is C17H22N4O. The molecule has 5 nitrogen and oxygen atoms in total. The summed E-state index contributed by atoms with van der Waals surface area (Å²) in [6.07, 6.45) is 2.58. The Hall–Kier alpha value is -2.30. The van der Waals surface area contributed by atoms with E-state index in [1.807, 2.05) is 12.1 Å². The number of rotatable bonds is 3. The maximum atomic E-state index is 11.5. The number of hydrogen-bond donors (Lipinski definition) is 2. The first-order valence-electron chi connectivity index (χ1n) is 7.80. The van der Waals surface area contributed by atoms with Crippen molar-refractivity contribution in [2.24, 2.45) is 5.92 Å². The van der Waals surface area contributed by atoms with Crippen molar-refractivity contribution in [1.29, 1.82) is 0 Å². The maximum Gasteiger partial charge on any atom is 0.252 e. The molecule has 3 rings (SSSR count). The smallest absolute Gasteiger partial charge is 0.252 e. The van der Waals surface area contributed by atoms with Crippen LogP contribution in [-0.4, -0.2) is 23.1 Å². The van der Waals surface area contributed by atoms with Crippen LogP contribution >= 0.6 is 0 Å². The lowest BCUT2D eigenvalue weighted by Gasteiger charge is -2.32. The number of H-pyrrole nitrogens is 1. The van der Waals surface area contributed by atoms with E-state index in [0.29, 0.717) is 11.6 Å². The zero-order valence-electron chi connectivity index (χ0n) is 13.1. The molecule has 0 radical (unpaired) electrons. The minimum absolute atomic E-state index is 0.145. The molecule has 1 aliphatic heterocycles. The number of nitrogens with one attached hydrogen (secondary N) is 2. The largest absolute Gasteiger partial charge is 0.371 e. The predicted molar refractivity (Wildman–Crippen MR) is 89.9 cm³/mol. The molecule has 0 spiro atoms. The van der Waals surface area contributed by atoms with Gasteiger partial charge >= 0.3 is 0 Å². The summed E-state index contributed by atoms with van der Waals surface area (Å²) in [6.45, 7) is 6.37. The average molecular weight is 298 g/mol. The van der Waals surface area contributed by atoms with Gasteiger partial charge in [0.05, 0.1) is 0 Å². The lowest BCUT2D eigenvalue weighted by atomic mass is 10.00. The first-order valence-corrected chi connectivity index (χ1v) is 7.80. The number of aromatic amines is 1. The molecule has 0 aliphatic carbocycles. The summed E-state index contributed by atoms with van der Waals surface area (Å²) in [5.74, 6) is 1.23. The highest BCUT2D eigenvalue weighted by Gasteiger charge is 2.16. The lowest BCUT2D eigenvalue weighted by molar-refractivity contribution is 0.447. The third-order valence-corrected chi connectivity index (χ3v) is 4.02. The zero-order valence-corrected chi connectivity index (χ0v) is 13.1. The minimum atomic E-state index is -0.145. The zero-order chi connectivity index (χ0) is 15.5. The second-order valence-electron chi connectivity index (χ2n) is 6.10. The van der Waals surface area contributed by atoms with Gasteiger partial charge in [-0.1, -0.05) is 6.92 Å². The summed E-state index contributed by atoms with van der Waals surface area (Å²) in [4.78, 5) is 20.9. The van der Waals surface area contributed by atoms with Gasteiger partial charge in [0.15, 0.2) is 0 Å². The molecule has 2 N–H and O–H groups in total. The molecule has 1 aliphatic rings. The van der Waals surface area contributed by atoms with Gasteiger partial charge in [0.2, 0.25) is 5.95 Å². The molecule has 1 unspecified atom stereocenters. The van der Waals surface area contributed by atoms with Gasteiger partial charge in [0.1, 0.15) is 0 Å². The van der Waals surface area contributed by atoms with Crippen molar-refractivity contribution in [3.8, 4) is 0 Å². The molecule has 116 valence electrons. The third kappa shape index (κ3) is 3.47. The Labute approximate surface area is 130 Å². The first kappa shape index (κ1) is 14.6. The van der Waals surface area contributed by atoms with Crippen LogP contribution in [0.4, 0.5) is 17.3 Å². The Bertz CT molecular complexity index is 693. The highest BCUT2D eigenvalue weighted by molar-refractivity contribution is 5.59. The number of benzene rings is 1. The Morgan fingerprint density at radius 2 is 2.09 bits per heavy atom. The summed E-state index contributed by atoms with van der Waals surface area (Å²) in [7, 11) is 0. The number of aromatic nitrogens is 2. The monoisotopic (exact) mass is 298 g/mol. The first-order chi connectivity index (χ1) is 10.6. The molecule has 1 saturated heterocycles. The topological polar surface area (TPSA) is 61.0 Å². The highest BCUT2D eigenvalue weighted by Crippen LogP contribution is 2.24. The van der Waals surface area contributed by atoms with Crippen molar-refractivity contribution in [3.63, 3.8) is 0 Å². The fraction of sp³-hybridized carbons (Fsp3) is 0.412. The summed E-state index contributed by atoms with van der Waals surface area (Å²) in [5, 5.41) is 3.14. The van der Waals surface area contributed by atoms with Gasteiger partial charge in [-0.05, 0) is 49.9 Å². The molecule has 0 bridgehead atoms. The third-order valence-electron chi connectivity index (χ3n) is 4.02. The average Bonchev–Trinajstić information content (AvgIpc) is 2.47. The van der Waals surface area contributed by atoms with Gasteiger partial charge in [-0.3, -0.25) is 9.78 Å². The van der Waals surface area contributed by atoms with Crippen molar-refractivity contribution in [2.45, 2.75) is 26.7 Å². The van der Waals surface area contributed by atoms with E-state index in [2.05, 4.69) is 39.2 Å². The Kier molecular flexibility index (Phi) is 4.13. The van der Waals surface area contributed by atoms with Gasteiger partial charge in [0, 0.05) is 36.2 Å². The maximum absolute atomic E-state index is 11.5. The van der Waals surface area contributed by atoms with Crippen molar-refractivity contribution in [3.05, 3.63) is 46.4 Å². The summed E-state index contributed by atoms with van der Waals surface area (Å²) in [5.41, 5.74) is 2.73. The van der Waals surface area contributed by atoms with Crippen LogP contribution in [0.15, 0.2) is 35.1 Å². The number of hydrogen-bond acceptors (Lipinski definition) is 4. The van der Waals surface area contributed by atoms with E-state index in [-0.39, 0.29) is 5.56 Å². The normalized spacial score (nSPS) is 18.3. The SMILES string of the molecule is Cc1cc(=O)[nH]c(Nc2ccc(N3CCCC(C)C3)cc2)n1. The quantitative estimate of drug-likeness (QED) is 0.914. The van der Waals surface area contributed by atoms with Gasteiger partial charge < -0.3 is 10.2 Å². The summed E-state index contributed by atoms with van der Waals surface area (Å²) < 4.78 is 0. The van der Waals surface area contributed by atoms with Crippen LogP contribution in [-0.2, 0) is 0 Å². The second kappa shape index (κ2) is 6.22. The van der Waals surface area contributed by atoms with Crippen molar-refractivity contribution in [2.75, 3.05) is 23.3 Å². The van der Waals surface area contributed by atoms with E-state index >= 15 is 0 Å². The van der Waals surface area contributed by atoms with Gasteiger partial charge in [-0.25, -0.2) is 4.98 Å². The Balaban J connectivity index is 1.72. The molecule has 1 aromatic carbocycles. The Morgan fingerprint density at radius 1 is 1.32 bits per heavy atom. The summed E-state index contributed by atoms with van der Waals surface area (Å²) in [6, 6.07) is 9.77. The fourth-order valence-corrected chi connectivity index (χ4v) is 2.95. The van der Waals surface area contributed by atoms with Gasteiger partial charge in [0.25, 0.3) is 5.56 Å². The second-order valence-corrected chi connectivity index (χ2v) is 6.10. The summed E-state index contributed by atoms with van der Waals surface area (Å²) >= 11 is 0.